The van der Waals surface area contributed by atoms with Gasteiger partial charge < -0.3 is 9.47 Å². The summed E-state index contributed by atoms with van der Waals surface area (Å²) >= 11 is 0. The van der Waals surface area contributed by atoms with Crippen LogP contribution in [-0.4, -0.2) is 52.8 Å². The lowest BCUT2D eigenvalue weighted by Gasteiger charge is -2.16. The minimum Gasteiger partial charge on any atom is -0.493 e. The summed E-state index contributed by atoms with van der Waals surface area (Å²) in [4.78, 5) is 0.101. The Morgan fingerprint density at radius 2 is 1.59 bits per heavy atom. The van der Waals surface area contributed by atoms with Gasteiger partial charge in [0.2, 0.25) is 10.0 Å². The van der Waals surface area contributed by atoms with Gasteiger partial charge in [0.25, 0.3) is 0 Å². The highest BCUT2D eigenvalue weighted by atomic mass is 32.2. The van der Waals surface area contributed by atoms with Gasteiger partial charge in [-0.3, -0.25) is 0 Å². The van der Waals surface area contributed by atoms with Gasteiger partial charge >= 0.3 is 0 Å². The minimum absolute atomic E-state index is 0.0133. The number of benzene rings is 2. The van der Waals surface area contributed by atoms with Gasteiger partial charge in [-0.2, -0.15) is 4.31 Å². The zero-order valence-corrected chi connectivity index (χ0v) is 16.7. The van der Waals surface area contributed by atoms with Gasteiger partial charge in [0.15, 0.2) is 21.3 Å². The first-order valence-electron chi connectivity index (χ1n) is 8.32. The molecule has 0 N–H and O–H groups in total. The summed E-state index contributed by atoms with van der Waals surface area (Å²) in [5, 5.41) is -0.652. The fourth-order valence-corrected chi connectivity index (χ4v) is 5.50. The number of nitrogens with zero attached hydrogens (tertiary/aromatic N) is 1. The average molecular weight is 412 g/mol. The molecule has 1 unspecified atom stereocenters. The molecule has 0 aliphatic carbocycles. The predicted molar refractivity (Wildman–Crippen MR) is 102 cm³/mol. The Morgan fingerprint density at radius 1 is 0.963 bits per heavy atom. The van der Waals surface area contributed by atoms with Crippen molar-refractivity contribution >= 4 is 19.9 Å². The molecular weight excluding hydrogens is 390 g/mol. The van der Waals surface area contributed by atoms with Crippen LogP contribution >= 0.6 is 0 Å². The van der Waals surface area contributed by atoms with Crippen LogP contribution in [0.3, 0.4) is 0 Å². The predicted octanol–water partition coefficient (Wildman–Crippen LogP) is 2.30. The van der Waals surface area contributed by atoms with Gasteiger partial charge in [0.1, 0.15) is 5.75 Å². The van der Waals surface area contributed by atoms with E-state index >= 15 is 0 Å². The maximum Gasteiger partial charge on any atom is 0.243 e. The molecule has 1 fully saturated rings. The first-order chi connectivity index (χ1) is 12.7. The average Bonchev–Trinajstić information content (AvgIpc) is 3.14. The fraction of sp³-hybridized carbons (Fsp3) is 0.333. The molecule has 9 heteroatoms. The summed E-state index contributed by atoms with van der Waals surface area (Å²) in [6.45, 7) is 0.181. The maximum absolute atomic E-state index is 12.7. The van der Waals surface area contributed by atoms with Crippen LogP contribution < -0.4 is 9.47 Å². The first-order valence-corrected chi connectivity index (χ1v) is 11.7. The van der Waals surface area contributed by atoms with Crippen LogP contribution in [0.25, 0.3) is 0 Å². The third-order valence-corrected chi connectivity index (χ3v) is 7.95. The second-order valence-electron chi connectivity index (χ2n) is 6.33. The van der Waals surface area contributed by atoms with E-state index < -0.39 is 25.1 Å². The van der Waals surface area contributed by atoms with Crippen LogP contribution in [0.1, 0.15) is 6.42 Å². The van der Waals surface area contributed by atoms with E-state index in [1.165, 1.54) is 23.5 Å². The second-order valence-corrected chi connectivity index (χ2v) is 10.6. The van der Waals surface area contributed by atoms with Crippen molar-refractivity contribution in [1.29, 1.82) is 0 Å². The molecule has 7 nitrogen and oxygen atoms in total. The number of para-hydroxylation sites is 2. The van der Waals surface area contributed by atoms with Crippen LogP contribution in [-0.2, 0) is 19.9 Å². The molecule has 0 aromatic heterocycles. The van der Waals surface area contributed by atoms with Gasteiger partial charge in [-0.25, -0.2) is 16.8 Å². The summed E-state index contributed by atoms with van der Waals surface area (Å²) < 4.78 is 61.0. The van der Waals surface area contributed by atoms with E-state index in [-0.39, 0.29) is 18.0 Å². The van der Waals surface area contributed by atoms with Crippen molar-refractivity contribution in [2.75, 3.05) is 26.5 Å². The van der Waals surface area contributed by atoms with E-state index in [1.807, 2.05) is 12.1 Å². The van der Waals surface area contributed by atoms with Gasteiger partial charge in [-0.15, -0.1) is 0 Å². The second kappa shape index (κ2) is 7.49. The third kappa shape index (κ3) is 4.26. The first kappa shape index (κ1) is 19.7. The van der Waals surface area contributed by atoms with Crippen LogP contribution in [0, 0.1) is 0 Å². The van der Waals surface area contributed by atoms with Gasteiger partial charge in [0.05, 0.1) is 17.3 Å². The molecule has 0 radical (unpaired) electrons. The van der Waals surface area contributed by atoms with E-state index in [2.05, 4.69) is 0 Å². The summed E-state index contributed by atoms with van der Waals surface area (Å²) in [6, 6.07) is 13.2. The molecule has 1 aliphatic rings. The number of hydrogen-bond acceptors (Lipinski definition) is 6. The van der Waals surface area contributed by atoms with Gasteiger partial charge in [0, 0.05) is 19.3 Å². The molecule has 0 bridgehead atoms. The zero-order chi connectivity index (χ0) is 19.7. The molecule has 0 amide bonds. The van der Waals surface area contributed by atoms with Crippen LogP contribution in [0.5, 0.6) is 17.2 Å². The fourth-order valence-electron chi connectivity index (χ4n) is 2.92. The van der Waals surface area contributed by atoms with Crippen LogP contribution in [0.2, 0.25) is 0 Å². The molecule has 146 valence electrons. The van der Waals surface area contributed by atoms with E-state index in [1.54, 1.807) is 24.3 Å². The van der Waals surface area contributed by atoms with Crippen molar-refractivity contribution in [3.63, 3.8) is 0 Å². The minimum atomic E-state index is -3.75. The Kier molecular flexibility index (Phi) is 5.45. The quantitative estimate of drug-likeness (QED) is 0.725. The number of methoxy groups -OCH3 is 1. The molecule has 27 heavy (non-hydrogen) atoms. The largest absolute Gasteiger partial charge is 0.493 e. The molecule has 0 spiro atoms. The normalized spacial score (nSPS) is 18.4. The molecule has 2 aromatic carbocycles. The number of sulfonamides is 1. The van der Waals surface area contributed by atoms with Gasteiger partial charge in [-0.1, -0.05) is 12.1 Å². The topological polar surface area (TPSA) is 90.0 Å². The molecule has 3 rings (SSSR count). The van der Waals surface area contributed by atoms with Crippen molar-refractivity contribution in [2.24, 2.45) is 0 Å². The summed E-state index contributed by atoms with van der Waals surface area (Å²) in [5.41, 5.74) is 0. The SMILES string of the molecule is COc1ccccc1Oc1ccc(S(=O)(=O)N2CCC(S(C)(=O)=O)C2)cc1. The number of rotatable bonds is 6. The molecule has 1 saturated heterocycles. The molecule has 1 heterocycles. The summed E-state index contributed by atoms with van der Waals surface area (Å²) in [6.07, 6.45) is 1.45. The Hall–Kier alpha value is -2.10. The van der Waals surface area contributed by atoms with Gasteiger partial charge in [-0.05, 0) is 42.8 Å². The molecule has 0 saturated carbocycles. The van der Waals surface area contributed by atoms with Crippen molar-refractivity contribution < 1.29 is 26.3 Å². The lowest BCUT2D eigenvalue weighted by Crippen LogP contribution is -2.31. The van der Waals surface area contributed by atoms with E-state index in [4.69, 9.17) is 9.47 Å². The van der Waals surface area contributed by atoms with Crippen molar-refractivity contribution in [2.45, 2.75) is 16.6 Å². The zero-order valence-electron chi connectivity index (χ0n) is 15.0. The monoisotopic (exact) mass is 411 g/mol. The highest BCUT2D eigenvalue weighted by molar-refractivity contribution is 7.91. The van der Waals surface area contributed by atoms with Crippen molar-refractivity contribution in [3.8, 4) is 17.2 Å². The summed E-state index contributed by atoms with van der Waals surface area (Å²) in [5.74, 6) is 1.55. The molecule has 1 aliphatic heterocycles. The molecule has 1 atom stereocenters. The Labute approximate surface area is 159 Å². The highest BCUT2D eigenvalue weighted by Crippen LogP contribution is 2.32. The van der Waals surface area contributed by atoms with E-state index in [0.717, 1.165) is 6.26 Å². The Balaban J connectivity index is 1.77. The number of hydrogen-bond donors (Lipinski definition) is 0. The highest BCUT2D eigenvalue weighted by Gasteiger charge is 2.36. The standard InChI is InChI=1S/C18H21NO6S2/c1-24-17-5-3-4-6-18(17)25-14-7-9-15(10-8-14)27(22,23)19-12-11-16(13-19)26(2,20)21/h3-10,16H,11-13H2,1-2H3. The lowest BCUT2D eigenvalue weighted by molar-refractivity contribution is 0.379. The lowest BCUT2D eigenvalue weighted by atomic mass is 10.3. The Morgan fingerprint density at radius 3 is 2.15 bits per heavy atom. The summed E-state index contributed by atoms with van der Waals surface area (Å²) in [7, 11) is -5.47. The number of sulfone groups is 1. The van der Waals surface area contributed by atoms with Crippen molar-refractivity contribution in [1.82, 2.24) is 4.31 Å². The van der Waals surface area contributed by atoms with E-state index in [0.29, 0.717) is 23.7 Å². The van der Waals surface area contributed by atoms with Crippen LogP contribution in [0.15, 0.2) is 53.4 Å². The number of ether oxygens (including phenoxy) is 2. The Bertz CT molecular complexity index is 1020. The smallest absolute Gasteiger partial charge is 0.243 e. The van der Waals surface area contributed by atoms with Crippen LogP contribution in [0.4, 0.5) is 0 Å². The molecular formula is C18H21NO6S2. The van der Waals surface area contributed by atoms with E-state index in [9.17, 15) is 16.8 Å². The maximum atomic E-state index is 12.7. The molecule has 2 aromatic rings. The third-order valence-electron chi connectivity index (χ3n) is 4.47. The van der Waals surface area contributed by atoms with Crippen molar-refractivity contribution in [3.05, 3.63) is 48.5 Å².